The van der Waals surface area contributed by atoms with Crippen molar-refractivity contribution in [3.05, 3.63) is 59.0 Å². The first-order chi connectivity index (χ1) is 13.0. The number of pyridine rings is 1. The molecule has 0 bridgehead atoms. The highest BCUT2D eigenvalue weighted by Crippen LogP contribution is 2.26. The number of rotatable bonds is 6. The van der Waals surface area contributed by atoms with E-state index in [0.29, 0.717) is 23.5 Å². The third kappa shape index (κ3) is 5.06. The van der Waals surface area contributed by atoms with E-state index in [1.807, 2.05) is 48.7 Å². The van der Waals surface area contributed by atoms with Crippen molar-refractivity contribution in [2.45, 2.75) is 26.9 Å². The number of aromatic nitrogens is 2. The minimum Gasteiger partial charge on any atom is -0.485 e. The van der Waals surface area contributed by atoms with E-state index in [2.05, 4.69) is 16.2 Å². The fourth-order valence-electron chi connectivity index (χ4n) is 2.98. The molecule has 2 aromatic heterocycles. The highest BCUT2D eigenvalue weighted by Gasteiger charge is 2.14. The average molecular weight is 418 g/mol. The number of carbonyl (C=O) groups excluding carboxylic acids is 1. The van der Waals surface area contributed by atoms with E-state index >= 15 is 0 Å². The van der Waals surface area contributed by atoms with Gasteiger partial charge < -0.3 is 20.6 Å². The summed E-state index contributed by atoms with van der Waals surface area (Å²) in [5, 5.41) is 11.7. The van der Waals surface area contributed by atoms with Gasteiger partial charge in [-0.3, -0.25) is 9.20 Å². The Morgan fingerprint density at radius 2 is 2.07 bits per heavy atom. The van der Waals surface area contributed by atoms with Gasteiger partial charge in [-0.25, -0.2) is 4.98 Å². The van der Waals surface area contributed by atoms with Crippen LogP contribution in [0.1, 0.15) is 22.5 Å². The van der Waals surface area contributed by atoms with Gasteiger partial charge in [-0.1, -0.05) is 12.1 Å². The summed E-state index contributed by atoms with van der Waals surface area (Å²) in [5.41, 5.74) is 4.97. The number of hydrogen-bond donors (Lipinski definition) is 2. The van der Waals surface area contributed by atoms with Crippen LogP contribution in [0.2, 0.25) is 0 Å². The number of aryl methyl sites for hydroxylation is 2. The Morgan fingerprint density at radius 1 is 1.31 bits per heavy atom. The summed E-state index contributed by atoms with van der Waals surface area (Å²) in [6.45, 7) is 3.55. The minimum absolute atomic E-state index is 0. The van der Waals surface area contributed by atoms with Crippen molar-refractivity contribution in [1.29, 1.82) is 0 Å². The lowest BCUT2D eigenvalue weighted by Crippen LogP contribution is -2.17. The number of aliphatic hydroxyl groups excluding tert-OH is 1. The molecule has 0 aliphatic rings. The zero-order valence-electron chi connectivity index (χ0n) is 16.2. The van der Waals surface area contributed by atoms with Crippen molar-refractivity contribution in [3.8, 4) is 18.1 Å². The van der Waals surface area contributed by atoms with Crippen molar-refractivity contribution >= 4 is 29.6 Å². The predicted octanol–water partition coefficient (Wildman–Crippen LogP) is 2.23. The molecule has 4 N–H and O–H groups in total. The van der Waals surface area contributed by atoms with Crippen molar-refractivity contribution in [3.63, 3.8) is 0 Å². The average Bonchev–Trinajstić information content (AvgIpc) is 2.98. The smallest absolute Gasteiger partial charge is 0.250 e. The van der Waals surface area contributed by atoms with Crippen molar-refractivity contribution in [1.82, 2.24) is 9.38 Å². The Kier molecular flexibility index (Phi) is 8.67. The van der Waals surface area contributed by atoms with Crippen molar-refractivity contribution < 1.29 is 20.1 Å². The first kappa shape index (κ1) is 24.0. The number of aliphatic hydroxyl groups is 1. The quantitative estimate of drug-likeness (QED) is 0.599. The summed E-state index contributed by atoms with van der Waals surface area (Å²) in [7, 11) is 0. The maximum Gasteiger partial charge on any atom is 0.250 e. The molecule has 0 aliphatic carbocycles. The summed E-state index contributed by atoms with van der Waals surface area (Å²) in [6, 6.07) is 9.31. The predicted molar refractivity (Wildman–Crippen MR) is 115 cm³/mol. The molecule has 0 radical (unpaired) electrons. The van der Waals surface area contributed by atoms with E-state index < -0.39 is 12.5 Å². The monoisotopic (exact) mass is 417 g/mol. The molecule has 0 fully saturated rings. The SMILES string of the molecule is C#CCc1c(C)nc2c(OCc3c(C)cccc3NC(=O)CO)cccn12.Cl.O. The van der Waals surface area contributed by atoms with Gasteiger partial charge in [0.25, 0.3) is 0 Å². The standard InChI is InChI=1S/C21H21N3O3.ClH.H2O/c1-4-7-18-15(3)22-21-19(10-6-11-24(18)21)27-13-16-14(2)8-5-9-17(16)23-20(26)12-25;;/h1,5-6,8-11,25H,7,12-13H2,2-3H3,(H,23,26);1H;1H2. The van der Waals surface area contributed by atoms with Crippen LogP contribution < -0.4 is 10.1 Å². The highest BCUT2D eigenvalue weighted by atomic mass is 35.5. The molecule has 1 aromatic carbocycles. The van der Waals surface area contributed by atoms with Gasteiger partial charge in [0.15, 0.2) is 11.4 Å². The van der Waals surface area contributed by atoms with Gasteiger partial charge >= 0.3 is 0 Å². The minimum atomic E-state index is -0.571. The van der Waals surface area contributed by atoms with E-state index in [-0.39, 0.29) is 24.5 Å². The number of hydrogen-bond acceptors (Lipinski definition) is 4. The molecule has 0 atom stereocenters. The van der Waals surface area contributed by atoms with Gasteiger partial charge in [0.1, 0.15) is 13.2 Å². The molecule has 1 amide bonds. The second kappa shape index (κ2) is 10.5. The Morgan fingerprint density at radius 3 is 2.76 bits per heavy atom. The largest absolute Gasteiger partial charge is 0.485 e. The summed E-state index contributed by atoms with van der Waals surface area (Å²) in [4.78, 5) is 16.2. The van der Waals surface area contributed by atoms with E-state index in [1.54, 1.807) is 6.07 Å². The third-order valence-corrected chi connectivity index (χ3v) is 4.38. The van der Waals surface area contributed by atoms with Gasteiger partial charge in [-0.15, -0.1) is 24.8 Å². The fraction of sp³-hybridized carbons (Fsp3) is 0.238. The Labute approximate surface area is 175 Å². The Bertz CT molecular complexity index is 1040. The molecular formula is C21H24ClN3O4. The van der Waals surface area contributed by atoms with Crippen molar-refractivity contribution in [2.24, 2.45) is 0 Å². The molecule has 2 heterocycles. The van der Waals surface area contributed by atoms with E-state index in [4.69, 9.17) is 16.3 Å². The number of fused-ring (bicyclic) bond motifs is 1. The molecule has 0 saturated heterocycles. The molecule has 3 aromatic rings. The number of benzene rings is 1. The van der Waals surface area contributed by atoms with Gasteiger partial charge in [0.2, 0.25) is 5.91 Å². The molecule has 8 heteroatoms. The highest BCUT2D eigenvalue weighted by molar-refractivity contribution is 5.92. The Balaban J connectivity index is 0.00000210. The number of nitrogens with one attached hydrogen (secondary N) is 1. The molecule has 154 valence electrons. The zero-order valence-corrected chi connectivity index (χ0v) is 17.0. The van der Waals surface area contributed by atoms with Crippen LogP contribution in [0, 0.1) is 26.2 Å². The van der Waals surface area contributed by atoms with Crippen LogP contribution in [0.4, 0.5) is 5.69 Å². The van der Waals surface area contributed by atoms with E-state index in [0.717, 1.165) is 22.5 Å². The summed E-state index contributed by atoms with van der Waals surface area (Å²) < 4.78 is 7.98. The molecule has 0 spiro atoms. The lowest BCUT2D eigenvalue weighted by Gasteiger charge is -2.14. The van der Waals surface area contributed by atoms with Crippen LogP contribution in [0.15, 0.2) is 36.5 Å². The first-order valence-electron chi connectivity index (χ1n) is 8.57. The number of amides is 1. The van der Waals surface area contributed by atoms with Crippen LogP contribution in [-0.4, -0.2) is 32.5 Å². The van der Waals surface area contributed by atoms with Gasteiger partial charge in [0.05, 0.1) is 17.8 Å². The number of terminal acetylenes is 1. The van der Waals surface area contributed by atoms with Crippen LogP contribution in [-0.2, 0) is 17.8 Å². The second-order valence-corrected chi connectivity index (χ2v) is 6.19. The molecule has 0 saturated carbocycles. The fourth-order valence-corrected chi connectivity index (χ4v) is 2.98. The lowest BCUT2D eigenvalue weighted by molar-refractivity contribution is -0.118. The van der Waals surface area contributed by atoms with Crippen LogP contribution >= 0.6 is 12.4 Å². The van der Waals surface area contributed by atoms with Gasteiger partial charge in [-0.05, 0) is 37.6 Å². The van der Waals surface area contributed by atoms with Gasteiger partial charge in [-0.2, -0.15) is 0 Å². The molecule has 29 heavy (non-hydrogen) atoms. The maximum atomic E-state index is 11.6. The van der Waals surface area contributed by atoms with Crippen LogP contribution in [0.5, 0.6) is 5.75 Å². The normalized spacial score (nSPS) is 9.86. The number of ether oxygens (including phenoxy) is 1. The molecule has 7 nitrogen and oxygen atoms in total. The van der Waals surface area contributed by atoms with Crippen LogP contribution in [0.3, 0.4) is 0 Å². The number of halogens is 1. The van der Waals surface area contributed by atoms with Gasteiger partial charge in [0, 0.05) is 17.4 Å². The maximum absolute atomic E-state index is 11.6. The van der Waals surface area contributed by atoms with E-state index in [1.165, 1.54) is 0 Å². The number of carbonyl (C=O) groups is 1. The van der Waals surface area contributed by atoms with Crippen molar-refractivity contribution in [2.75, 3.05) is 11.9 Å². The molecule has 0 aliphatic heterocycles. The lowest BCUT2D eigenvalue weighted by atomic mass is 10.1. The number of anilines is 1. The molecule has 0 unspecified atom stereocenters. The first-order valence-corrected chi connectivity index (χ1v) is 8.57. The Hall–Kier alpha value is -3.05. The topological polar surface area (TPSA) is 107 Å². The van der Waals surface area contributed by atoms with E-state index in [9.17, 15) is 4.79 Å². The molecule has 3 rings (SSSR count). The number of nitrogens with zero attached hydrogens (tertiary/aromatic N) is 2. The number of imidazole rings is 1. The third-order valence-electron chi connectivity index (χ3n) is 4.38. The van der Waals surface area contributed by atoms with Crippen LogP contribution in [0.25, 0.3) is 5.65 Å². The molecular weight excluding hydrogens is 394 g/mol. The zero-order chi connectivity index (χ0) is 19.4. The summed E-state index contributed by atoms with van der Waals surface area (Å²) >= 11 is 0. The second-order valence-electron chi connectivity index (χ2n) is 6.19. The summed E-state index contributed by atoms with van der Waals surface area (Å²) in [6.07, 6.45) is 7.87. The summed E-state index contributed by atoms with van der Waals surface area (Å²) in [5.74, 6) is 2.82.